The van der Waals surface area contributed by atoms with E-state index in [9.17, 15) is 20.4 Å². The predicted octanol–water partition coefficient (Wildman–Crippen LogP) is 4.93. The molecule has 10 heteroatoms. The molecule has 2 aromatic heterocycles. The highest BCUT2D eigenvalue weighted by Gasteiger charge is 2.25. The Morgan fingerprint density at radius 3 is 2.34 bits per heavy atom. The lowest BCUT2D eigenvalue weighted by Gasteiger charge is -2.14. The Kier molecular flexibility index (Phi) is 7.14. The van der Waals surface area contributed by atoms with Gasteiger partial charge in [0.2, 0.25) is 0 Å². The first-order chi connectivity index (χ1) is 19.8. The topological polar surface area (TPSA) is 146 Å². The van der Waals surface area contributed by atoms with Gasteiger partial charge >= 0.3 is 0 Å². The second-order valence-corrected chi connectivity index (χ2v) is 9.34. The summed E-state index contributed by atoms with van der Waals surface area (Å²) in [5.74, 6) is 0.129. The highest BCUT2D eigenvalue weighted by molar-refractivity contribution is 5.98. The normalized spacial score (nSPS) is 11.5. The van der Waals surface area contributed by atoms with Crippen LogP contribution in [0.5, 0.6) is 5.75 Å². The van der Waals surface area contributed by atoms with Gasteiger partial charge in [-0.15, -0.1) is 0 Å². The second-order valence-electron chi connectivity index (χ2n) is 9.34. The van der Waals surface area contributed by atoms with E-state index < -0.39 is 5.56 Å². The number of para-hydroxylation sites is 3. The summed E-state index contributed by atoms with van der Waals surface area (Å²) in [6, 6.07) is 25.2. The highest BCUT2D eigenvalue weighted by atomic mass is 16.3. The van der Waals surface area contributed by atoms with Crippen molar-refractivity contribution in [3.8, 4) is 29.0 Å². The molecule has 0 aliphatic rings. The number of phenolic OH excluding ortho intramolecular Hbond substituents is 1. The Balaban J connectivity index is 1.77. The van der Waals surface area contributed by atoms with Crippen LogP contribution in [0.2, 0.25) is 0 Å². The summed E-state index contributed by atoms with van der Waals surface area (Å²) in [5.41, 5.74) is 2.45. The fraction of sp³-hybridized carbons (Fsp3) is 0.0968. The monoisotopic (exact) mass is 540 g/mol. The Bertz CT molecular complexity index is 1950. The molecule has 0 saturated carbocycles. The van der Waals surface area contributed by atoms with E-state index in [1.54, 1.807) is 19.1 Å². The number of phenols is 1. The number of aromatic nitrogens is 3. The van der Waals surface area contributed by atoms with Crippen LogP contribution < -0.4 is 10.5 Å². The third-order valence-electron chi connectivity index (χ3n) is 6.45. The number of imidazole rings is 1. The lowest BCUT2D eigenvalue weighted by Crippen LogP contribution is -2.23. The fourth-order valence-electron chi connectivity index (χ4n) is 4.34. The van der Waals surface area contributed by atoms with Gasteiger partial charge < -0.3 is 15.0 Å². The predicted molar refractivity (Wildman–Crippen MR) is 159 cm³/mol. The van der Waals surface area contributed by atoms with Crippen LogP contribution in [0.3, 0.4) is 0 Å². The molecular weight excluding hydrogens is 516 g/mol. The molecule has 10 nitrogen and oxygen atoms in total. The SMILES string of the molecule is C/C(=N\n1c(/N=C/c2ccc(N(C)C)cc2)c(C#N)c(-c2ccccc2O)c(C#N)c1=O)c1nc2ccccc2[nH]1. The number of pyridine rings is 1. The molecule has 3 aromatic carbocycles. The zero-order valence-corrected chi connectivity index (χ0v) is 22.5. The molecule has 0 unspecified atom stereocenters. The average Bonchev–Trinajstić information content (AvgIpc) is 3.42. The van der Waals surface area contributed by atoms with Crippen molar-refractivity contribution in [2.45, 2.75) is 6.92 Å². The number of aromatic hydroxyl groups is 1. The summed E-state index contributed by atoms with van der Waals surface area (Å²) in [4.78, 5) is 28.0. The number of fused-ring (bicyclic) bond motifs is 1. The number of nitrogens with zero attached hydrogens (tertiary/aromatic N) is 7. The number of nitrogens with one attached hydrogen (secondary N) is 1. The largest absolute Gasteiger partial charge is 0.507 e. The van der Waals surface area contributed by atoms with Crippen LogP contribution in [-0.4, -0.2) is 45.8 Å². The van der Waals surface area contributed by atoms with E-state index in [0.29, 0.717) is 22.6 Å². The molecule has 0 fully saturated rings. The quantitative estimate of drug-likeness (QED) is 0.292. The molecule has 200 valence electrons. The van der Waals surface area contributed by atoms with Crippen LogP contribution in [0.1, 0.15) is 29.4 Å². The number of hydrogen-bond donors (Lipinski definition) is 2. The van der Waals surface area contributed by atoms with Gasteiger partial charge in [0.05, 0.1) is 11.0 Å². The molecule has 0 atom stereocenters. The molecule has 5 aromatic rings. The van der Waals surface area contributed by atoms with Gasteiger partial charge in [0, 0.05) is 37.1 Å². The minimum absolute atomic E-state index is 0.0129. The van der Waals surface area contributed by atoms with Gasteiger partial charge in [-0.2, -0.15) is 20.3 Å². The summed E-state index contributed by atoms with van der Waals surface area (Å²) >= 11 is 0. The molecule has 41 heavy (non-hydrogen) atoms. The van der Waals surface area contributed by atoms with E-state index in [4.69, 9.17) is 0 Å². The van der Waals surface area contributed by atoms with Crippen molar-refractivity contribution >= 4 is 34.5 Å². The first-order valence-corrected chi connectivity index (χ1v) is 12.6. The number of hydrogen-bond acceptors (Lipinski definition) is 8. The van der Waals surface area contributed by atoms with E-state index in [-0.39, 0.29) is 33.8 Å². The van der Waals surface area contributed by atoms with Crippen molar-refractivity contribution in [1.29, 1.82) is 10.5 Å². The van der Waals surface area contributed by atoms with Crippen LogP contribution in [0, 0.1) is 22.7 Å². The van der Waals surface area contributed by atoms with Crippen molar-refractivity contribution in [3.05, 3.63) is 106 Å². The maximum absolute atomic E-state index is 13.8. The molecule has 0 aliphatic heterocycles. The summed E-state index contributed by atoms with van der Waals surface area (Å²) < 4.78 is 0.938. The van der Waals surface area contributed by atoms with E-state index in [0.717, 1.165) is 15.9 Å². The minimum Gasteiger partial charge on any atom is -0.507 e. The van der Waals surface area contributed by atoms with Crippen molar-refractivity contribution in [1.82, 2.24) is 14.6 Å². The van der Waals surface area contributed by atoms with Gasteiger partial charge in [0.25, 0.3) is 5.56 Å². The molecule has 0 bridgehead atoms. The van der Waals surface area contributed by atoms with Crippen LogP contribution in [0.4, 0.5) is 11.5 Å². The number of nitriles is 2. The minimum atomic E-state index is -0.796. The van der Waals surface area contributed by atoms with Crippen LogP contribution in [-0.2, 0) is 0 Å². The summed E-state index contributed by atoms with van der Waals surface area (Å²) in [6.45, 7) is 1.66. The Labute approximate surface area is 235 Å². The lowest BCUT2D eigenvalue weighted by atomic mass is 9.96. The zero-order chi connectivity index (χ0) is 29.1. The van der Waals surface area contributed by atoms with Gasteiger partial charge in [0.1, 0.15) is 34.7 Å². The Morgan fingerprint density at radius 1 is 1.00 bits per heavy atom. The maximum Gasteiger partial charge on any atom is 0.291 e. The molecular formula is C31H24N8O2. The number of anilines is 1. The first-order valence-electron chi connectivity index (χ1n) is 12.6. The van der Waals surface area contributed by atoms with Crippen LogP contribution in [0.15, 0.2) is 87.7 Å². The summed E-state index contributed by atoms with van der Waals surface area (Å²) in [5, 5.41) is 35.5. The van der Waals surface area contributed by atoms with Gasteiger partial charge in [0.15, 0.2) is 11.6 Å². The first kappa shape index (κ1) is 26.6. The van der Waals surface area contributed by atoms with E-state index in [1.807, 2.05) is 73.6 Å². The smallest absolute Gasteiger partial charge is 0.291 e. The molecule has 5 rings (SSSR count). The average molecular weight is 541 g/mol. The lowest BCUT2D eigenvalue weighted by molar-refractivity contribution is 0.477. The molecule has 0 saturated heterocycles. The number of aliphatic imine (C=N–C) groups is 1. The highest BCUT2D eigenvalue weighted by Crippen LogP contribution is 2.36. The van der Waals surface area contributed by atoms with E-state index >= 15 is 0 Å². The third kappa shape index (κ3) is 5.05. The summed E-state index contributed by atoms with van der Waals surface area (Å²) in [6.07, 6.45) is 1.51. The third-order valence-corrected chi connectivity index (χ3v) is 6.45. The van der Waals surface area contributed by atoms with Gasteiger partial charge in [-0.3, -0.25) is 4.79 Å². The van der Waals surface area contributed by atoms with Gasteiger partial charge in [-0.05, 0) is 42.8 Å². The van der Waals surface area contributed by atoms with Gasteiger partial charge in [-0.1, -0.05) is 42.5 Å². The molecule has 2 heterocycles. The molecule has 0 aliphatic carbocycles. The second kappa shape index (κ2) is 11.0. The standard InChI is InChI=1S/C31H24N8O2/c1-19(29-35-25-9-5-6-10-26(25)36-29)37-39-30(34-18-20-12-14-21(15-13-20)38(2)3)23(16-32)28(24(17-33)31(39)41)22-8-4-7-11-27(22)40/h4-15,18,40H,1-3H3,(H,35,36)/b34-18+,37-19+. The Morgan fingerprint density at radius 2 is 1.68 bits per heavy atom. The number of rotatable bonds is 6. The van der Waals surface area contributed by atoms with Crippen molar-refractivity contribution < 1.29 is 5.11 Å². The molecule has 0 amide bonds. The summed E-state index contributed by atoms with van der Waals surface area (Å²) in [7, 11) is 3.86. The fourth-order valence-corrected chi connectivity index (χ4v) is 4.34. The number of aromatic amines is 1. The molecule has 2 N–H and O–H groups in total. The van der Waals surface area contributed by atoms with E-state index in [1.165, 1.54) is 18.3 Å². The van der Waals surface area contributed by atoms with Gasteiger partial charge in [-0.25, -0.2) is 9.98 Å². The Hall–Kier alpha value is -6.00. The molecule has 0 spiro atoms. The zero-order valence-electron chi connectivity index (χ0n) is 22.5. The molecule has 0 radical (unpaired) electrons. The van der Waals surface area contributed by atoms with Crippen molar-refractivity contribution in [2.24, 2.45) is 10.1 Å². The maximum atomic E-state index is 13.8. The number of H-pyrrole nitrogens is 1. The number of benzene rings is 3. The van der Waals surface area contributed by atoms with Crippen molar-refractivity contribution in [3.63, 3.8) is 0 Å². The van der Waals surface area contributed by atoms with Crippen molar-refractivity contribution in [2.75, 3.05) is 19.0 Å². The van der Waals surface area contributed by atoms with Crippen LogP contribution in [0.25, 0.3) is 22.2 Å². The van der Waals surface area contributed by atoms with Crippen LogP contribution >= 0.6 is 0 Å². The van der Waals surface area contributed by atoms with E-state index in [2.05, 4.69) is 26.1 Å².